The largest absolute Gasteiger partial charge is 0.481 e. The van der Waals surface area contributed by atoms with E-state index in [2.05, 4.69) is 0 Å². The molecule has 3 nitrogen and oxygen atoms in total. The molecule has 0 fully saturated rings. The summed E-state index contributed by atoms with van der Waals surface area (Å²) in [4.78, 5) is 10.3. The van der Waals surface area contributed by atoms with Crippen molar-refractivity contribution in [1.29, 1.82) is 0 Å². The molecule has 0 saturated carbocycles. The molecular formula is C10H9F3O3. The highest BCUT2D eigenvalue weighted by Crippen LogP contribution is 2.35. The van der Waals surface area contributed by atoms with Gasteiger partial charge < -0.3 is 10.2 Å². The molecule has 0 aliphatic carbocycles. The van der Waals surface area contributed by atoms with Crippen LogP contribution in [0, 0.1) is 0 Å². The maximum absolute atomic E-state index is 12.5. The molecular weight excluding hydrogens is 225 g/mol. The Morgan fingerprint density at radius 1 is 1.31 bits per heavy atom. The van der Waals surface area contributed by atoms with Gasteiger partial charge in [0.05, 0.1) is 18.1 Å². The molecule has 0 aromatic heterocycles. The van der Waals surface area contributed by atoms with Crippen molar-refractivity contribution in [1.82, 2.24) is 0 Å². The average molecular weight is 234 g/mol. The summed E-state index contributed by atoms with van der Waals surface area (Å²) in [5.74, 6) is -1.36. The number of rotatable bonds is 3. The molecule has 1 aromatic carbocycles. The van der Waals surface area contributed by atoms with Crippen LogP contribution in [0.5, 0.6) is 0 Å². The van der Waals surface area contributed by atoms with Crippen LogP contribution in [0.3, 0.4) is 0 Å². The van der Waals surface area contributed by atoms with Crippen LogP contribution < -0.4 is 0 Å². The molecule has 0 amide bonds. The summed E-state index contributed by atoms with van der Waals surface area (Å²) in [6, 6.07) is 4.37. The third kappa shape index (κ3) is 2.96. The van der Waals surface area contributed by atoms with Crippen LogP contribution in [0.15, 0.2) is 24.3 Å². The zero-order valence-corrected chi connectivity index (χ0v) is 8.03. The second-order valence-electron chi connectivity index (χ2n) is 3.20. The van der Waals surface area contributed by atoms with E-state index in [1.807, 2.05) is 0 Å². The highest BCUT2D eigenvalue weighted by Gasteiger charge is 2.34. The summed E-state index contributed by atoms with van der Waals surface area (Å²) in [5, 5.41) is 17.8. The Balaban J connectivity index is 3.08. The first-order valence-electron chi connectivity index (χ1n) is 4.38. The predicted octanol–water partition coefficient (Wildman–Crippen LogP) is 2.21. The van der Waals surface area contributed by atoms with E-state index >= 15 is 0 Å². The summed E-state index contributed by atoms with van der Waals surface area (Å²) in [6.07, 6.45) is -7.02. The van der Waals surface area contributed by atoms with E-state index in [4.69, 9.17) is 5.11 Å². The molecule has 0 spiro atoms. The van der Waals surface area contributed by atoms with Crippen LogP contribution in [0.1, 0.15) is 23.7 Å². The quantitative estimate of drug-likeness (QED) is 0.842. The van der Waals surface area contributed by atoms with Gasteiger partial charge in [-0.3, -0.25) is 4.79 Å². The Labute approximate surface area is 89.1 Å². The number of carboxylic acid groups (broad SMARTS) is 1. The number of benzene rings is 1. The van der Waals surface area contributed by atoms with Gasteiger partial charge in [0, 0.05) is 0 Å². The van der Waals surface area contributed by atoms with E-state index in [-0.39, 0.29) is 0 Å². The Bertz CT molecular complexity index is 387. The van der Waals surface area contributed by atoms with Gasteiger partial charge in [-0.2, -0.15) is 13.2 Å². The van der Waals surface area contributed by atoms with Crippen molar-refractivity contribution in [3.05, 3.63) is 35.4 Å². The van der Waals surface area contributed by atoms with Gasteiger partial charge in [-0.15, -0.1) is 0 Å². The first-order valence-corrected chi connectivity index (χ1v) is 4.38. The van der Waals surface area contributed by atoms with E-state index in [1.54, 1.807) is 0 Å². The Kier molecular flexibility index (Phi) is 3.54. The van der Waals surface area contributed by atoms with E-state index in [1.165, 1.54) is 12.1 Å². The van der Waals surface area contributed by atoms with Crippen LogP contribution in [0.25, 0.3) is 0 Å². The van der Waals surface area contributed by atoms with E-state index < -0.39 is 35.8 Å². The molecule has 16 heavy (non-hydrogen) atoms. The number of aliphatic hydroxyl groups excluding tert-OH is 1. The van der Waals surface area contributed by atoms with Gasteiger partial charge in [0.15, 0.2) is 0 Å². The van der Waals surface area contributed by atoms with Crippen molar-refractivity contribution < 1.29 is 28.2 Å². The van der Waals surface area contributed by atoms with Crippen LogP contribution in [-0.4, -0.2) is 16.2 Å². The normalized spacial score (nSPS) is 13.5. The summed E-state index contributed by atoms with van der Waals surface area (Å²) in [7, 11) is 0. The molecule has 1 unspecified atom stereocenters. The van der Waals surface area contributed by atoms with Gasteiger partial charge >= 0.3 is 12.1 Å². The average Bonchev–Trinajstić information content (AvgIpc) is 2.15. The summed E-state index contributed by atoms with van der Waals surface area (Å²) in [5.41, 5.74) is -1.43. The summed E-state index contributed by atoms with van der Waals surface area (Å²) >= 11 is 0. The number of aliphatic hydroxyl groups is 1. The Hall–Kier alpha value is -1.56. The Morgan fingerprint density at radius 3 is 2.38 bits per heavy atom. The number of carboxylic acids is 1. The molecule has 88 valence electrons. The van der Waals surface area contributed by atoms with Gasteiger partial charge in [0.2, 0.25) is 0 Å². The molecule has 0 aliphatic rings. The van der Waals surface area contributed by atoms with Crippen LogP contribution in [0.4, 0.5) is 13.2 Å². The number of carbonyl (C=O) groups is 1. The molecule has 0 aliphatic heterocycles. The number of aliphatic carboxylic acids is 1. The maximum Gasteiger partial charge on any atom is 0.416 e. The van der Waals surface area contributed by atoms with Crippen LogP contribution in [0.2, 0.25) is 0 Å². The molecule has 0 heterocycles. The highest BCUT2D eigenvalue weighted by atomic mass is 19.4. The number of hydrogen-bond acceptors (Lipinski definition) is 2. The van der Waals surface area contributed by atoms with Crippen molar-refractivity contribution in [2.45, 2.75) is 18.7 Å². The third-order valence-corrected chi connectivity index (χ3v) is 1.99. The summed E-state index contributed by atoms with van der Waals surface area (Å²) in [6.45, 7) is 0. The lowest BCUT2D eigenvalue weighted by Crippen LogP contribution is -2.14. The fraction of sp³-hybridized carbons (Fsp3) is 0.300. The zero-order chi connectivity index (χ0) is 12.3. The first kappa shape index (κ1) is 12.5. The smallest absolute Gasteiger partial charge is 0.416 e. The lowest BCUT2D eigenvalue weighted by molar-refractivity contribution is -0.143. The van der Waals surface area contributed by atoms with Crippen molar-refractivity contribution in [2.24, 2.45) is 0 Å². The van der Waals surface area contributed by atoms with E-state index in [0.717, 1.165) is 12.1 Å². The van der Waals surface area contributed by atoms with Crippen molar-refractivity contribution in [2.75, 3.05) is 0 Å². The standard InChI is InChI=1S/C10H9F3O3/c11-10(12,13)7-4-2-1-3-6(7)8(14)5-9(15)16/h1-4,8,14H,5H2,(H,15,16). The number of halogens is 3. The maximum atomic E-state index is 12.5. The fourth-order valence-electron chi connectivity index (χ4n) is 1.32. The lowest BCUT2D eigenvalue weighted by Gasteiger charge is -2.15. The van der Waals surface area contributed by atoms with Gasteiger partial charge in [0.25, 0.3) is 0 Å². The predicted molar refractivity (Wildman–Crippen MR) is 48.7 cm³/mol. The number of alkyl halides is 3. The molecule has 0 saturated heterocycles. The lowest BCUT2D eigenvalue weighted by atomic mass is 10.00. The van der Waals surface area contributed by atoms with Gasteiger partial charge in [-0.1, -0.05) is 18.2 Å². The molecule has 2 N–H and O–H groups in total. The van der Waals surface area contributed by atoms with E-state index in [9.17, 15) is 23.1 Å². The van der Waals surface area contributed by atoms with Gasteiger partial charge in [-0.05, 0) is 11.6 Å². The second kappa shape index (κ2) is 4.52. The minimum absolute atomic E-state index is 0.419. The second-order valence-corrected chi connectivity index (χ2v) is 3.20. The minimum atomic E-state index is -4.60. The minimum Gasteiger partial charge on any atom is -0.481 e. The molecule has 1 aromatic rings. The highest BCUT2D eigenvalue weighted by molar-refractivity contribution is 5.67. The number of hydrogen-bond donors (Lipinski definition) is 2. The van der Waals surface area contributed by atoms with Crippen LogP contribution in [-0.2, 0) is 11.0 Å². The molecule has 6 heteroatoms. The van der Waals surface area contributed by atoms with Crippen molar-refractivity contribution in [3.63, 3.8) is 0 Å². The monoisotopic (exact) mass is 234 g/mol. The zero-order valence-electron chi connectivity index (χ0n) is 8.03. The van der Waals surface area contributed by atoms with Crippen molar-refractivity contribution >= 4 is 5.97 Å². The van der Waals surface area contributed by atoms with Gasteiger partial charge in [0.1, 0.15) is 0 Å². The third-order valence-electron chi connectivity index (χ3n) is 1.99. The first-order chi connectivity index (χ1) is 7.32. The molecule has 0 radical (unpaired) electrons. The topological polar surface area (TPSA) is 57.5 Å². The Morgan fingerprint density at radius 2 is 1.88 bits per heavy atom. The van der Waals surface area contributed by atoms with E-state index in [0.29, 0.717) is 0 Å². The fourth-order valence-corrected chi connectivity index (χ4v) is 1.32. The molecule has 1 atom stereocenters. The molecule has 1 rings (SSSR count). The SMILES string of the molecule is O=C(O)CC(O)c1ccccc1C(F)(F)F. The van der Waals surface area contributed by atoms with Crippen LogP contribution >= 0.6 is 0 Å². The van der Waals surface area contributed by atoms with Gasteiger partial charge in [-0.25, -0.2) is 0 Å². The van der Waals surface area contributed by atoms with Crippen molar-refractivity contribution in [3.8, 4) is 0 Å². The molecule has 0 bridgehead atoms. The summed E-state index contributed by atoms with van der Waals surface area (Å²) < 4.78 is 37.5.